The molecule has 2 N–H and O–H groups in total. The first-order valence-electron chi connectivity index (χ1n) is 9.75. The average molecular weight is 410 g/mol. The molecular weight excluding hydrogens is 388 g/mol. The lowest BCUT2D eigenvalue weighted by Crippen LogP contribution is -2.55. The van der Waals surface area contributed by atoms with Crippen molar-refractivity contribution in [3.8, 4) is 11.1 Å². The maximum absolute atomic E-state index is 12.3. The average Bonchev–Trinajstić information content (AvgIpc) is 3.10. The van der Waals surface area contributed by atoms with Crippen LogP contribution in [-0.4, -0.2) is 66.9 Å². The Hall–Kier alpha value is -3.39. The number of benzene rings is 2. The van der Waals surface area contributed by atoms with Crippen LogP contribution in [0.25, 0.3) is 11.1 Å². The number of carboxylic acid groups (broad SMARTS) is 1. The topological polar surface area (TPSA) is 105 Å². The molecule has 0 saturated carbocycles. The highest BCUT2D eigenvalue weighted by molar-refractivity contribution is 5.87. The van der Waals surface area contributed by atoms with E-state index in [0.29, 0.717) is 0 Å². The Balaban J connectivity index is 1.34. The number of alkyl carbamates (subject to hydrolysis) is 1. The van der Waals surface area contributed by atoms with Crippen LogP contribution < -0.4 is 5.32 Å². The quantitative estimate of drug-likeness (QED) is 0.779. The molecule has 8 nitrogen and oxygen atoms in total. The van der Waals surface area contributed by atoms with Gasteiger partial charge in [-0.3, -0.25) is 4.79 Å². The fraction of sp³-hybridized carbons (Fsp3) is 0.318. The fourth-order valence-electron chi connectivity index (χ4n) is 4.01. The summed E-state index contributed by atoms with van der Waals surface area (Å²) in [6.45, 7) is 0.179. The van der Waals surface area contributed by atoms with Gasteiger partial charge in [0.25, 0.3) is 0 Å². The fourth-order valence-corrected chi connectivity index (χ4v) is 4.01. The molecule has 156 valence electrons. The van der Waals surface area contributed by atoms with Gasteiger partial charge >= 0.3 is 12.1 Å². The molecule has 2 aliphatic rings. The maximum atomic E-state index is 12.3. The number of carbonyl (C=O) groups is 3. The van der Waals surface area contributed by atoms with Crippen LogP contribution in [0.4, 0.5) is 4.79 Å². The monoisotopic (exact) mass is 410 g/mol. The van der Waals surface area contributed by atoms with Gasteiger partial charge in [0.05, 0.1) is 13.2 Å². The summed E-state index contributed by atoms with van der Waals surface area (Å²) in [6, 6.07) is 15.0. The minimum Gasteiger partial charge on any atom is -0.480 e. The number of carboxylic acids is 1. The minimum absolute atomic E-state index is 0.0635. The molecular formula is C22H22N2O6. The molecule has 0 bridgehead atoms. The van der Waals surface area contributed by atoms with Crippen molar-refractivity contribution in [3.63, 3.8) is 0 Å². The third kappa shape index (κ3) is 3.86. The highest BCUT2D eigenvalue weighted by Crippen LogP contribution is 2.44. The number of fused-ring (bicyclic) bond motifs is 3. The Labute approximate surface area is 173 Å². The molecule has 1 heterocycles. The number of ether oxygens (including phenoxy) is 2. The van der Waals surface area contributed by atoms with E-state index in [2.05, 4.69) is 5.32 Å². The molecule has 4 rings (SSSR count). The molecule has 0 spiro atoms. The van der Waals surface area contributed by atoms with Crippen LogP contribution in [0.2, 0.25) is 0 Å². The zero-order valence-corrected chi connectivity index (χ0v) is 16.2. The Morgan fingerprint density at radius 2 is 1.70 bits per heavy atom. The summed E-state index contributed by atoms with van der Waals surface area (Å²) in [4.78, 5) is 37.0. The SMILES string of the molecule is O=C(NCC(=O)N1CCOCC1C(=O)O)OCC1c2ccccc2-c2ccccc21. The number of aliphatic carboxylic acids is 1. The second kappa shape index (κ2) is 8.54. The molecule has 1 unspecified atom stereocenters. The molecule has 1 atom stereocenters. The third-order valence-corrected chi connectivity index (χ3v) is 5.46. The van der Waals surface area contributed by atoms with E-state index < -0.39 is 24.0 Å². The summed E-state index contributed by atoms with van der Waals surface area (Å²) >= 11 is 0. The molecule has 8 heteroatoms. The normalized spacial score (nSPS) is 17.7. The predicted octanol–water partition coefficient (Wildman–Crippen LogP) is 1.84. The van der Waals surface area contributed by atoms with Crippen molar-refractivity contribution >= 4 is 18.0 Å². The molecule has 0 aromatic heterocycles. The van der Waals surface area contributed by atoms with E-state index in [4.69, 9.17) is 9.47 Å². The Morgan fingerprint density at radius 1 is 1.07 bits per heavy atom. The largest absolute Gasteiger partial charge is 0.480 e. The van der Waals surface area contributed by atoms with Gasteiger partial charge in [-0.15, -0.1) is 0 Å². The number of rotatable bonds is 5. The Morgan fingerprint density at radius 3 is 2.33 bits per heavy atom. The van der Waals surface area contributed by atoms with Gasteiger partial charge in [0.2, 0.25) is 5.91 Å². The van der Waals surface area contributed by atoms with Gasteiger partial charge in [-0.2, -0.15) is 0 Å². The summed E-state index contributed by atoms with van der Waals surface area (Å²) in [5, 5.41) is 11.6. The van der Waals surface area contributed by atoms with E-state index >= 15 is 0 Å². The van der Waals surface area contributed by atoms with Crippen molar-refractivity contribution in [2.75, 3.05) is 32.9 Å². The zero-order valence-electron chi connectivity index (χ0n) is 16.2. The summed E-state index contributed by atoms with van der Waals surface area (Å²) in [5.41, 5.74) is 4.45. The zero-order chi connectivity index (χ0) is 21.1. The van der Waals surface area contributed by atoms with Gasteiger partial charge in [0.15, 0.2) is 6.04 Å². The lowest BCUT2D eigenvalue weighted by molar-refractivity contribution is -0.157. The van der Waals surface area contributed by atoms with Crippen molar-refractivity contribution in [1.82, 2.24) is 10.2 Å². The predicted molar refractivity (Wildman–Crippen MR) is 107 cm³/mol. The minimum atomic E-state index is -1.14. The van der Waals surface area contributed by atoms with Crippen LogP contribution >= 0.6 is 0 Å². The van der Waals surface area contributed by atoms with Crippen LogP contribution in [-0.2, 0) is 19.1 Å². The van der Waals surface area contributed by atoms with E-state index in [1.807, 2.05) is 48.5 Å². The van der Waals surface area contributed by atoms with E-state index in [1.54, 1.807) is 0 Å². The molecule has 1 aliphatic carbocycles. The van der Waals surface area contributed by atoms with Crippen LogP contribution in [0.5, 0.6) is 0 Å². The number of nitrogens with zero attached hydrogens (tertiary/aromatic N) is 1. The number of hydrogen-bond donors (Lipinski definition) is 2. The third-order valence-electron chi connectivity index (χ3n) is 5.46. The first-order valence-corrected chi connectivity index (χ1v) is 9.75. The number of carbonyl (C=O) groups excluding carboxylic acids is 2. The Kier molecular flexibility index (Phi) is 5.67. The second-order valence-corrected chi connectivity index (χ2v) is 7.20. The Bertz CT molecular complexity index is 930. The molecule has 1 aliphatic heterocycles. The summed E-state index contributed by atoms with van der Waals surface area (Å²) in [5.74, 6) is -1.70. The molecule has 0 radical (unpaired) electrons. The van der Waals surface area contributed by atoms with Crippen molar-refractivity contribution in [2.45, 2.75) is 12.0 Å². The number of hydrogen-bond acceptors (Lipinski definition) is 5. The first-order chi connectivity index (χ1) is 14.6. The molecule has 30 heavy (non-hydrogen) atoms. The van der Waals surface area contributed by atoms with E-state index in [-0.39, 0.29) is 38.8 Å². The molecule has 2 aromatic carbocycles. The van der Waals surface area contributed by atoms with Gasteiger partial charge in [-0.1, -0.05) is 48.5 Å². The standard InChI is InChI=1S/C22H22N2O6/c25-20(24-9-10-29-13-19(24)21(26)27)11-23-22(28)30-12-18-16-7-3-1-5-14(16)15-6-2-4-8-17(15)18/h1-8,18-19H,9-13H2,(H,23,28)(H,26,27). The number of morpholine rings is 1. The van der Waals surface area contributed by atoms with Gasteiger partial charge < -0.3 is 24.8 Å². The van der Waals surface area contributed by atoms with Gasteiger partial charge in [-0.25, -0.2) is 9.59 Å². The van der Waals surface area contributed by atoms with Gasteiger partial charge in [0.1, 0.15) is 13.2 Å². The second-order valence-electron chi connectivity index (χ2n) is 7.20. The van der Waals surface area contributed by atoms with Crippen LogP contribution in [0, 0.1) is 0 Å². The maximum Gasteiger partial charge on any atom is 0.407 e. The van der Waals surface area contributed by atoms with Gasteiger partial charge in [-0.05, 0) is 22.3 Å². The molecule has 2 amide bonds. The molecule has 1 saturated heterocycles. The van der Waals surface area contributed by atoms with Crippen LogP contribution in [0.1, 0.15) is 17.0 Å². The summed E-state index contributed by atoms with van der Waals surface area (Å²) in [6.07, 6.45) is -0.717. The number of amides is 2. The van der Waals surface area contributed by atoms with E-state index in [9.17, 15) is 19.5 Å². The summed E-state index contributed by atoms with van der Waals surface area (Å²) in [7, 11) is 0. The van der Waals surface area contributed by atoms with Crippen molar-refractivity contribution in [2.24, 2.45) is 0 Å². The van der Waals surface area contributed by atoms with E-state index in [1.165, 1.54) is 4.90 Å². The first kappa shape index (κ1) is 19.9. The summed E-state index contributed by atoms with van der Waals surface area (Å²) < 4.78 is 10.5. The lowest BCUT2D eigenvalue weighted by Gasteiger charge is -2.32. The van der Waals surface area contributed by atoms with Gasteiger partial charge in [0, 0.05) is 12.5 Å². The lowest BCUT2D eigenvalue weighted by atomic mass is 9.98. The smallest absolute Gasteiger partial charge is 0.407 e. The van der Waals surface area contributed by atoms with Crippen molar-refractivity contribution in [3.05, 3.63) is 59.7 Å². The van der Waals surface area contributed by atoms with Crippen molar-refractivity contribution in [1.29, 1.82) is 0 Å². The van der Waals surface area contributed by atoms with Crippen LogP contribution in [0.3, 0.4) is 0 Å². The molecule has 1 fully saturated rings. The highest BCUT2D eigenvalue weighted by atomic mass is 16.5. The molecule has 2 aromatic rings. The van der Waals surface area contributed by atoms with E-state index in [0.717, 1.165) is 22.3 Å². The highest BCUT2D eigenvalue weighted by Gasteiger charge is 2.33. The van der Waals surface area contributed by atoms with Crippen LogP contribution in [0.15, 0.2) is 48.5 Å². The number of nitrogens with one attached hydrogen (secondary N) is 1. The van der Waals surface area contributed by atoms with Crippen molar-refractivity contribution < 1.29 is 29.0 Å².